The van der Waals surface area contributed by atoms with E-state index in [0.717, 1.165) is 5.56 Å². The molecular weight excluding hydrogens is 256 g/mol. The minimum absolute atomic E-state index is 0.00691. The van der Waals surface area contributed by atoms with Gasteiger partial charge in [0.2, 0.25) is 0 Å². The third-order valence-corrected chi connectivity index (χ3v) is 4.65. The lowest BCUT2D eigenvalue weighted by Crippen LogP contribution is -2.42. The van der Waals surface area contributed by atoms with E-state index < -0.39 is 15.2 Å². The highest BCUT2D eigenvalue weighted by Gasteiger charge is 2.25. The van der Waals surface area contributed by atoms with Crippen molar-refractivity contribution in [2.75, 3.05) is 0 Å². The topological polar surface area (TPSA) is 72.2 Å². The van der Waals surface area contributed by atoms with Crippen molar-refractivity contribution in [3.63, 3.8) is 0 Å². The van der Waals surface area contributed by atoms with E-state index in [4.69, 9.17) is 5.73 Å². The fraction of sp³-hybridized carbons (Fsp3) is 0.364. The largest absolute Gasteiger partial charge is 0.376 e. The van der Waals surface area contributed by atoms with Gasteiger partial charge in [-0.15, -0.1) is 0 Å². The fourth-order valence-electron chi connectivity index (χ4n) is 1.45. The molecule has 0 saturated heterocycles. The Hall–Kier alpha value is -1.14. The number of hydrogen-bond donors (Lipinski definition) is 2. The molecular formula is C11H16N2O2S2. The van der Waals surface area contributed by atoms with E-state index in [2.05, 4.69) is 17.5 Å². The summed E-state index contributed by atoms with van der Waals surface area (Å²) in [6.45, 7) is 3.67. The van der Waals surface area contributed by atoms with Gasteiger partial charge in [-0.3, -0.25) is 0 Å². The summed E-state index contributed by atoms with van der Waals surface area (Å²) in [6, 6.07) is 6.71. The smallest absolute Gasteiger partial charge is 0.199 e. The van der Waals surface area contributed by atoms with Crippen LogP contribution in [0.25, 0.3) is 0 Å². The number of thiocarbonyl (C=S) groups is 1. The summed E-state index contributed by atoms with van der Waals surface area (Å²) in [4.78, 5) is 0.277. The SMILES string of the molecule is CCC(NC(N)=S)S(=O)(=O)c1ccc(C)cc1. The van der Waals surface area contributed by atoms with Gasteiger partial charge in [0.1, 0.15) is 5.37 Å². The van der Waals surface area contributed by atoms with Crippen LogP contribution in [0.1, 0.15) is 18.9 Å². The van der Waals surface area contributed by atoms with Crippen molar-refractivity contribution >= 4 is 27.2 Å². The van der Waals surface area contributed by atoms with Gasteiger partial charge >= 0.3 is 0 Å². The van der Waals surface area contributed by atoms with E-state index in [-0.39, 0.29) is 10.0 Å². The molecule has 0 aliphatic heterocycles. The first kappa shape index (κ1) is 13.9. The first-order chi connectivity index (χ1) is 7.87. The summed E-state index contributed by atoms with van der Waals surface area (Å²) in [5.41, 5.74) is 6.34. The van der Waals surface area contributed by atoms with Crippen molar-refractivity contribution in [1.29, 1.82) is 0 Å². The number of aryl methyl sites for hydroxylation is 1. The molecule has 1 unspecified atom stereocenters. The van der Waals surface area contributed by atoms with Crippen LogP contribution in [0, 0.1) is 6.92 Å². The Morgan fingerprint density at radius 3 is 2.35 bits per heavy atom. The van der Waals surface area contributed by atoms with Crippen molar-refractivity contribution in [3.8, 4) is 0 Å². The minimum Gasteiger partial charge on any atom is -0.376 e. The van der Waals surface area contributed by atoms with Crippen LogP contribution >= 0.6 is 12.2 Å². The zero-order valence-corrected chi connectivity index (χ0v) is 11.4. The van der Waals surface area contributed by atoms with Crippen LogP contribution in [0.3, 0.4) is 0 Å². The molecule has 0 fully saturated rings. The standard InChI is InChI=1S/C11H16N2O2S2/c1-3-10(13-11(12)16)17(14,15)9-6-4-8(2)5-7-9/h4-7,10H,3H2,1-2H3,(H3,12,13,16). The minimum atomic E-state index is -3.44. The quantitative estimate of drug-likeness (QED) is 0.809. The molecule has 1 aromatic carbocycles. The van der Waals surface area contributed by atoms with Crippen molar-refractivity contribution in [2.45, 2.75) is 30.5 Å². The van der Waals surface area contributed by atoms with Gasteiger partial charge in [-0.2, -0.15) is 0 Å². The van der Waals surface area contributed by atoms with Gasteiger partial charge in [-0.25, -0.2) is 8.42 Å². The molecule has 0 aliphatic rings. The molecule has 1 rings (SSSR count). The average molecular weight is 272 g/mol. The maximum Gasteiger partial charge on any atom is 0.199 e. The second-order valence-electron chi connectivity index (χ2n) is 3.76. The molecule has 4 nitrogen and oxygen atoms in total. The predicted molar refractivity (Wildman–Crippen MR) is 72.4 cm³/mol. The molecule has 17 heavy (non-hydrogen) atoms. The van der Waals surface area contributed by atoms with Crippen LogP contribution in [-0.2, 0) is 9.84 Å². The van der Waals surface area contributed by atoms with Gasteiger partial charge < -0.3 is 11.1 Å². The third kappa shape index (κ3) is 3.41. The molecule has 0 aromatic heterocycles. The van der Waals surface area contributed by atoms with E-state index >= 15 is 0 Å². The van der Waals surface area contributed by atoms with Gasteiger partial charge in [0.15, 0.2) is 14.9 Å². The molecule has 0 heterocycles. The number of sulfone groups is 1. The van der Waals surface area contributed by atoms with Crippen LogP contribution in [0.4, 0.5) is 0 Å². The summed E-state index contributed by atoms with van der Waals surface area (Å²) in [5.74, 6) is 0. The number of benzene rings is 1. The summed E-state index contributed by atoms with van der Waals surface area (Å²) in [5, 5.41) is 1.82. The highest BCUT2D eigenvalue weighted by Crippen LogP contribution is 2.17. The lowest BCUT2D eigenvalue weighted by atomic mass is 10.2. The summed E-state index contributed by atoms with van der Waals surface area (Å²) >= 11 is 4.68. The van der Waals surface area contributed by atoms with E-state index in [1.807, 2.05) is 6.92 Å². The molecule has 1 atom stereocenters. The van der Waals surface area contributed by atoms with Crippen LogP contribution in [0.2, 0.25) is 0 Å². The molecule has 0 bridgehead atoms. The Bertz CT molecular complexity index is 495. The molecule has 0 radical (unpaired) electrons. The van der Waals surface area contributed by atoms with E-state index in [1.54, 1.807) is 31.2 Å². The van der Waals surface area contributed by atoms with Crippen molar-refractivity contribution in [3.05, 3.63) is 29.8 Å². The number of nitrogens with one attached hydrogen (secondary N) is 1. The van der Waals surface area contributed by atoms with Gasteiger partial charge in [-0.05, 0) is 37.7 Å². The van der Waals surface area contributed by atoms with Gasteiger partial charge in [0.05, 0.1) is 4.90 Å². The first-order valence-electron chi connectivity index (χ1n) is 5.24. The second-order valence-corrected chi connectivity index (χ2v) is 6.33. The Morgan fingerprint density at radius 1 is 1.41 bits per heavy atom. The molecule has 0 saturated carbocycles. The third-order valence-electron chi connectivity index (χ3n) is 2.40. The highest BCUT2D eigenvalue weighted by atomic mass is 32.2. The summed E-state index contributed by atoms with van der Waals surface area (Å²) < 4.78 is 24.5. The van der Waals surface area contributed by atoms with Gasteiger partial charge in [-0.1, -0.05) is 24.6 Å². The molecule has 94 valence electrons. The Balaban J connectivity index is 3.08. The van der Waals surface area contributed by atoms with Crippen molar-refractivity contribution in [1.82, 2.24) is 5.32 Å². The molecule has 6 heteroatoms. The van der Waals surface area contributed by atoms with Crippen LogP contribution < -0.4 is 11.1 Å². The number of nitrogens with two attached hydrogens (primary N) is 1. The Morgan fingerprint density at radius 2 is 1.94 bits per heavy atom. The van der Waals surface area contributed by atoms with Gasteiger partial charge in [0.25, 0.3) is 0 Å². The maximum atomic E-state index is 12.2. The van der Waals surface area contributed by atoms with E-state index in [9.17, 15) is 8.42 Å². The summed E-state index contributed by atoms with van der Waals surface area (Å²) in [7, 11) is -3.44. The molecule has 3 N–H and O–H groups in total. The monoisotopic (exact) mass is 272 g/mol. The van der Waals surface area contributed by atoms with Gasteiger partial charge in [0, 0.05) is 0 Å². The van der Waals surface area contributed by atoms with Crippen LogP contribution in [0.15, 0.2) is 29.2 Å². The van der Waals surface area contributed by atoms with Crippen molar-refractivity contribution in [2.24, 2.45) is 5.73 Å². The van der Waals surface area contributed by atoms with E-state index in [1.165, 1.54) is 0 Å². The second kappa shape index (κ2) is 5.46. The summed E-state index contributed by atoms with van der Waals surface area (Å²) in [6.07, 6.45) is 0.396. The Kier molecular flexibility index (Phi) is 4.47. The molecule has 1 aromatic rings. The highest BCUT2D eigenvalue weighted by molar-refractivity contribution is 7.92. The van der Waals surface area contributed by atoms with Crippen LogP contribution in [-0.4, -0.2) is 18.9 Å². The zero-order valence-electron chi connectivity index (χ0n) is 9.80. The number of rotatable bonds is 4. The number of hydrogen-bond acceptors (Lipinski definition) is 3. The molecule has 0 aliphatic carbocycles. The molecule has 0 spiro atoms. The zero-order chi connectivity index (χ0) is 13.1. The maximum absolute atomic E-state index is 12.2. The average Bonchev–Trinajstić information content (AvgIpc) is 2.26. The van der Waals surface area contributed by atoms with E-state index in [0.29, 0.717) is 6.42 Å². The lowest BCUT2D eigenvalue weighted by molar-refractivity contribution is 0.568. The van der Waals surface area contributed by atoms with Crippen LogP contribution in [0.5, 0.6) is 0 Å². The van der Waals surface area contributed by atoms with Crippen molar-refractivity contribution < 1.29 is 8.42 Å². The fourth-order valence-corrected chi connectivity index (χ4v) is 3.23. The lowest BCUT2D eigenvalue weighted by Gasteiger charge is -2.17. The predicted octanol–water partition coefficient (Wildman–Crippen LogP) is 1.34. The Labute approximate surface area is 107 Å². The normalized spacial score (nSPS) is 13.1. The first-order valence-corrected chi connectivity index (χ1v) is 7.20. The molecule has 0 amide bonds.